The Balaban J connectivity index is 2.12. The van der Waals surface area contributed by atoms with Crippen LogP contribution in [-0.2, 0) is 6.42 Å². The van der Waals surface area contributed by atoms with Crippen LogP contribution in [0, 0.1) is 6.92 Å². The van der Waals surface area contributed by atoms with E-state index < -0.39 is 0 Å². The van der Waals surface area contributed by atoms with E-state index in [1.54, 1.807) is 21.3 Å². The third-order valence-electron chi connectivity index (χ3n) is 3.84. The number of nitrogens with zero attached hydrogens (tertiary/aromatic N) is 1. The molecule has 0 spiro atoms. The van der Waals surface area contributed by atoms with Gasteiger partial charge in [-0.3, -0.25) is 4.99 Å². The topological polar surface area (TPSA) is 66.1 Å². The van der Waals surface area contributed by atoms with Crippen molar-refractivity contribution in [3.05, 3.63) is 53.1 Å². The SMILES string of the molecule is COc1ccc(CCN=C(N)c2c(C)cccc2OC)cc1OC. The third-order valence-corrected chi connectivity index (χ3v) is 3.84. The van der Waals surface area contributed by atoms with E-state index in [4.69, 9.17) is 19.9 Å². The summed E-state index contributed by atoms with van der Waals surface area (Å²) < 4.78 is 15.9. The molecule has 0 saturated carbocycles. The Kier molecular flexibility index (Phi) is 6.07. The van der Waals surface area contributed by atoms with Gasteiger partial charge in [0.1, 0.15) is 11.6 Å². The minimum absolute atomic E-state index is 0.491. The van der Waals surface area contributed by atoms with Crippen molar-refractivity contribution in [1.29, 1.82) is 0 Å². The molecule has 0 aliphatic heterocycles. The molecule has 128 valence electrons. The number of nitrogens with two attached hydrogens (primary N) is 1. The summed E-state index contributed by atoms with van der Waals surface area (Å²) in [6.45, 7) is 2.58. The van der Waals surface area contributed by atoms with Gasteiger partial charge in [0.05, 0.1) is 26.9 Å². The molecule has 0 heterocycles. The van der Waals surface area contributed by atoms with Crippen LogP contribution in [0.25, 0.3) is 0 Å². The van der Waals surface area contributed by atoms with Crippen LogP contribution in [0.5, 0.6) is 17.2 Å². The predicted octanol–water partition coefficient (Wildman–Crippen LogP) is 2.97. The summed E-state index contributed by atoms with van der Waals surface area (Å²) in [7, 11) is 4.88. The Morgan fingerprint density at radius 2 is 1.67 bits per heavy atom. The van der Waals surface area contributed by atoms with Crippen LogP contribution < -0.4 is 19.9 Å². The highest BCUT2D eigenvalue weighted by molar-refractivity contribution is 6.01. The molecule has 24 heavy (non-hydrogen) atoms. The third kappa shape index (κ3) is 3.98. The summed E-state index contributed by atoms with van der Waals surface area (Å²) in [6.07, 6.45) is 0.759. The van der Waals surface area contributed by atoms with E-state index in [-0.39, 0.29) is 0 Å². The van der Waals surface area contributed by atoms with Crippen molar-refractivity contribution >= 4 is 5.84 Å². The Hall–Kier alpha value is -2.69. The second-order valence-electron chi connectivity index (χ2n) is 5.36. The van der Waals surface area contributed by atoms with Gasteiger partial charge in [0, 0.05) is 6.54 Å². The summed E-state index contributed by atoms with van der Waals surface area (Å²) in [6, 6.07) is 11.7. The highest BCUT2D eigenvalue weighted by atomic mass is 16.5. The van der Waals surface area contributed by atoms with Gasteiger partial charge in [0.2, 0.25) is 0 Å². The van der Waals surface area contributed by atoms with E-state index in [2.05, 4.69) is 4.99 Å². The number of ether oxygens (including phenoxy) is 3. The summed E-state index contributed by atoms with van der Waals surface area (Å²) in [5.74, 6) is 2.66. The van der Waals surface area contributed by atoms with E-state index >= 15 is 0 Å². The Morgan fingerprint density at radius 1 is 0.958 bits per heavy atom. The molecule has 0 bridgehead atoms. The van der Waals surface area contributed by atoms with Crippen LogP contribution in [-0.4, -0.2) is 33.7 Å². The van der Waals surface area contributed by atoms with Crippen LogP contribution in [0.2, 0.25) is 0 Å². The van der Waals surface area contributed by atoms with E-state index in [1.807, 2.05) is 43.3 Å². The first-order chi connectivity index (χ1) is 11.6. The molecule has 5 nitrogen and oxygen atoms in total. The first-order valence-corrected chi connectivity index (χ1v) is 7.75. The summed E-state index contributed by atoms with van der Waals surface area (Å²) in [5.41, 5.74) is 9.17. The van der Waals surface area contributed by atoms with E-state index in [0.29, 0.717) is 23.9 Å². The zero-order chi connectivity index (χ0) is 17.5. The fourth-order valence-corrected chi connectivity index (χ4v) is 2.56. The molecule has 0 unspecified atom stereocenters. The average molecular weight is 328 g/mol. The van der Waals surface area contributed by atoms with E-state index in [9.17, 15) is 0 Å². The Bertz CT molecular complexity index is 727. The average Bonchev–Trinajstić information content (AvgIpc) is 2.60. The molecule has 0 aromatic heterocycles. The van der Waals surface area contributed by atoms with Crippen LogP contribution in [0.15, 0.2) is 41.4 Å². The lowest BCUT2D eigenvalue weighted by Gasteiger charge is -2.11. The van der Waals surface area contributed by atoms with Gasteiger partial charge in [-0.2, -0.15) is 0 Å². The van der Waals surface area contributed by atoms with Gasteiger partial charge in [-0.15, -0.1) is 0 Å². The van der Waals surface area contributed by atoms with Gasteiger partial charge < -0.3 is 19.9 Å². The van der Waals surface area contributed by atoms with Crippen LogP contribution in [0.1, 0.15) is 16.7 Å². The van der Waals surface area contributed by atoms with Crippen LogP contribution >= 0.6 is 0 Å². The van der Waals surface area contributed by atoms with Crippen molar-refractivity contribution in [2.24, 2.45) is 10.7 Å². The summed E-state index contributed by atoms with van der Waals surface area (Å²) in [5, 5.41) is 0. The van der Waals surface area contributed by atoms with Crippen molar-refractivity contribution in [3.8, 4) is 17.2 Å². The highest BCUT2D eigenvalue weighted by Gasteiger charge is 2.10. The Morgan fingerprint density at radius 3 is 2.33 bits per heavy atom. The largest absolute Gasteiger partial charge is 0.496 e. The maximum absolute atomic E-state index is 6.16. The van der Waals surface area contributed by atoms with Crippen molar-refractivity contribution in [2.75, 3.05) is 27.9 Å². The van der Waals surface area contributed by atoms with Gasteiger partial charge in [0.15, 0.2) is 11.5 Å². The van der Waals surface area contributed by atoms with Gasteiger partial charge in [-0.05, 0) is 42.7 Å². The van der Waals surface area contributed by atoms with E-state index in [0.717, 1.165) is 28.9 Å². The number of methoxy groups -OCH3 is 3. The molecule has 5 heteroatoms. The maximum Gasteiger partial charge on any atom is 0.160 e. The molecule has 0 amide bonds. The normalized spacial score (nSPS) is 11.2. The first kappa shape index (κ1) is 17.7. The number of hydrogen-bond acceptors (Lipinski definition) is 4. The molecule has 0 radical (unpaired) electrons. The van der Waals surface area contributed by atoms with Crippen LogP contribution in [0.3, 0.4) is 0 Å². The maximum atomic E-state index is 6.16. The predicted molar refractivity (Wildman–Crippen MR) is 96.6 cm³/mol. The van der Waals surface area contributed by atoms with E-state index in [1.165, 1.54) is 0 Å². The summed E-state index contributed by atoms with van der Waals surface area (Å²) >= 11 is 0. The lowest BCUT2D eigenvalue weighted by atomic mass is 10.1. The number of amidine groups is 1. The quantitative estimate of drug-likeness (QED) is 0.627. The van der Waals surface area contributed by atoms with Crippen molar-refractivity contribution in [3.63, 3.8) is 0 Å². The number of hydrogen-bond donors (Lipinski definition) is 1. The molecule has 0 atom stereocenters. The van der Waals surface area contributed by atoms with Gasteiger partial charge in [0.25, 0.3) is 0 Å². The zero-order valence-corrected chi connectivity index (χ0v) is 14.6. The van der Waals surface area contributed by atoms with Gasteiger partial charge in [-0.1, -0.05) is 18.2 Å². The van der Waals surface area contributed by atoms with Crippen molar-refractivity contribution in [1.82, 2.24) is 0 Å². The van der Waals surface area contributed by atoms with Gasteiger partial charge >= 0.3 is 0 Å². The Labute approximate surface area is 143 Å². The lowest BCUT2D eigenvalue weighted by molar-refractivity contribution is 0.354. The van der Waals surface area contributed by atoms with Crippen molar-refractivity contribution in [2.45, 2.75) is 13.3 Å². The van der Waals surface area contributed by atoms with Crippen LogP contribution in [0.4, 0.5) is 0 Å². The molecule has 2 N–H and O–H groups in total. The molecule has 0 aliphatic carbocycles. The molecule has 2 rings (SSSR count). The molecular weight excluding hydrogens is 304 g/mol. The number of rotatable bonds is 7. The molecular formula is C19H24N2O3. The lowest BCUT2D eigenvalue weighted by Crippen LogP contribution is -2.17. The standard InChI is InChI=1S/C19H24N2O3/c1-13-6-5-7-16(23-3)18(13)19(20)21-11-10-14-8-9-15(22-2)17(12-14)24-4/h5-9,12H,10-11H2,1-4H3,(H2,20,21). The molecule has 2 aromatic carbocycles. The molecule has 0 fully saturated rings. The fourth-order valence-electron chi connectivity index (χ4n) is 2.56. The minimum atomic E-state index is 0.491. The van der Waals surface area contributed by atoms with Crippen molar-refractivity contribution < 1.29 is 14.2 Å². The highest BCUT2D eigenvalue weighted by Crippen LogP contribution is 2.27. The second kappa shape index (κ2) is 8.24. The number of aliphatic imine (C=N–C) groups is 1. The minimum Gasteiger partial charge on any atom is -0.496 e. The molecule has 0 aliphatic rings. The molecule has 2 aromatic rings. The van der Waals surface area contributed by atoms with Gasteiger partial charge in [-0.25, -0.2) is 0 Å². The second-order valence-corrected chi connectivity index (χ2v) is 5.36. The smallest absolute Gasteiger partial charge is 0.160 e. The number of benzene rings is 2. The fraction of sp³-hybridized carbons (Fsp3) is 0.316. The molecule has 0 saturated heterocycles. The monoisotopic (exact) mass is 328 g/mol. The zero-order valence-electron chi connectivity index (χ0n) is 14.6. The summed E-state index contributed by atoms with van der Waals surface area (Å²) in [4.78, 5) is 4.50. The first-order valence-electron chi connectivity index (χ1n) is 7.75. The number of aryl methyl sites for hydroxylation is 1.